The highest BCUT2D eigenvalue weighted by atomic mass is 28.3. The monoisotopic (exact) mass is 308 g/mol. The molecule has 2 nitrogen and oxygen atoms in total. The summed E-state index contributed by atoms with van der Waals surface area (Å²) in [5.41, 5.74) is 5.04. The second-order valence-corrected chi connectivity index (χ2v) is 11.6. The second-order valence-electron chi connectivity index (χ2n) is 6.26. The molecular weight excluding hydrogens is 276 g/mol. The lowest BCUT2D eigenvalue weighted by atomic mass is 10.1. The van der Waals surface area contributed by atoms with Gasteiger partial charge in [0.15, 0.2) is 0 Å². The molecule has 0 aliphatic carbocycles. The number of ether oxygens (including phenoxy) is 1. The van der Waals surface area contributed by atoms with Crippen molar-refractivity contribution in [2.24, 2.45) is 5.92 Å². The molecular formula is C18H32O2Si. The van der Waals surface area contributed by atoms with Crippen molar-refractivity contribution in [2.45, 2.75) is 72.0 Å². The predicted octanol–water partition coefficient (Wildman–Crippen LogP) is 4.96. The summed E-state index contributed by atoms with van der Waals surface area (Å²) < 4.78 is 4.86. The summed E-state index contributed by atoms with van der Waals surface area (Å²) in [4.78, 5) is 11.2. The Hall–Kier alpha value is -1.01. The lowest BCUT2D eigenvalue weighted by Gasteiger charge is -2.33. The minimum Gasteiger partial charge on any atom is -0.463 e. The van der Waals surface area contributed by atoms with Crippen LogP contribution in [0.2, 0.25) is 17.1 Å². The van der Waals surface area contributed by atoms with Gasteiger partial charge in [-0.15, -0.1) is 11.5 Å². The first-order valence-electron chi connectivity index (χ1n) is 8.16. The fraction of sp³-hybridized carbons (Fsp3) is 0.722. The standard InChI is InChI=1S/C18H32O2Si/c1-8-20-18(19)12-10-11-17(7)13-14-21(9-2,15(3)4)16(5)6/h10,12,15-17H,8-9,11H2,1-7H3/b12-10+. The molecule has 0 radical (unpaired) electrons. The Morgan fingerprint density at radius 3 is 2.14 bits per heavy atom. The number of allylic oxidation sites excluding steroid dienone is 1. The molecule has 0 aromatic heterocycles. The zero-order valence-electron chi connectivity index (χ0n) is 14.8. The van der Waals surface area contributed by atoms with Gasteiger partial charge in [-0.25, -0.2) is 4.79 Å². The Kier molecular flexibility index (Phi) is 9.36. The van der Waals surface area contributed by atoms with E-state index in [1.165, 1.54) is 12.1 Å². The molecule has 0 aromatic rings. The largest absolute Gasteiger partial charge is 0.463 e. The Morgan fingerprint density at radius 1 is 1.14 bits per heavy atom. The van der Waals surface area contributed by atoms with Crippen LogP contribution in [0, 0.1) is 17.4 Å². The molecule has 1 atom stereocenters. The third kappa shape index (κ3) is 6.52. The highest BCUT2D eigenvalue weighted by molar-refractivity contribution is 6.89. The summed E-state index contributed by atoms with van der Waals surface area (Å²) in [5, 5.41) is 0. The van der Waals surface area contributed by atoms with Crippen LogP contribution in [0.15, 0.2) is 12.2 Å². The van der Waals surface area contributed by atoms with Gasteiger partial charge in [-0.05, 0) is 30.5 Å². The van der Waals surface area contributed by atoms with Gasteiger partial charge in [0, 0.05) is 12.0 Å². The van der Waals surface area contributed by atoms with E-state index in [-0.39, 0.29) is 11.9 Å². The number of hydrogen-bond donors (Lipinski definition) is 0. The van der Waals surface area contributed by atoms with Gasteiger partial charge >= 0.3 is 5.97 Å². The molecule has 0 aliphatic heterocycles. The average molecular weight is 309 g/mol. The maximum Gasteiger partial charge on any atom is 0.330 e. The van der Waals surface area contributed by atoms with Crippen LogP contribution >= 0.6 is 0 Å². The minimum atomic E-state index is -1.54. The zero-order chi connectivity index (χ0) is 16.5. The molecule has 120 valence electrons. The van der Waals surface area contributed by atoms with Crippen LogP contribution in [0.3, 0.4) is 0 Å². The quantitative estimate of drug-likeness (QED) is 0.287. The van der Waals surface area contributed by atoms with E-state index < -0.39 is 8.07 Å². The van der Waals surface area contributed by atoms with E-state index in [9.17, 15) is 4.79 Å². The molecule has 0 spiro atoms. The van der Waals surface area contributed by atoms with Gasteiger partial charge in [0.1, 0.15) is 8.07 Å². The van der Waals surface area contributed by atoms with E-state index >= 15 is 0 Å². The number of carbonyl (C=O) groups is 1. The molecule has 21 heavy (non-hydrogen) atoms. The topological polar surface area (TPSA) is 26.3 Å². The Balaban J connectivity index is 4.76. The first-order valence-corrected chi connectivity index (χ1v) is 10.5. The molecule has 0 N–H and O–H groups in total. The highest BCUT2D eigenvalue weighted by Crippen LogP contribution is 2.35. The van der Waals surface area contributed by atoms with Gasteiger partial charge in [-0.3, -0.25) is 0 Å². The third-order valence-corrected chi connectivity index (χ3v) is 10.1. The van der Waals surface area contributed by atoms with Crippen LogP contribution in [0.4, 0.5) is 0 Å². The van der Waals surface area contributed by atoms with E-state index in [0.29, 0.717) is 17.7 Å². The maximum atomic E-state index is 11.2. The molecule has 0 rings (SSSR count). The first kappa shape index (κ1) is 20.0. The Bertz CT molecular complexity index is 391. The summed E-state index contributed by atoms with van der Waals surface area (Å²) in [6.07, 6.45) is 4.19. The smallest absolute Gasteiger partial charge is 0.330 e. The zero-order valence-corrected chi connectivity index (χ0v) is 15.8. The van der Waals surface area contributed by atoms with E-state index in [2.05, 4.69) is 53.0 Å². The fourth-order valence-electron chi connectivity index (χ4n) is 2.74. The molecule has 0 saturated carbocycles. The molecule has 1 unspecified atom stereocenters. The number of rotatable bonds is 7. The van der Waals surface area contributed by atoms with E-state index in [4.69, 9.17) is 4.74 Å². The Morgan fingerprint density at radius 2 is 1.71 bits per heavy atom. The van der Waals surface area contributed by atoms with Crippen molar-refractivity contribution in [2.75, 3.05) is 6.61 Å². The molecule has 0 fully saturated rings. The summed E-state index contributed by atoms with van der Waals surface area (Å²) in [7, 11) is -1.54. The summed E-state index contributed by atoms with van der Waals surface area (Å²) in [6, 6.07) is 1.21. The molecule has 0 saturated heterocycles. The van der Waals surface area contributed by atoms with E-state index in [1.807, 2.05) is 13.0 Å². The third-order valence-electron chi connectivity index (χ3n) is 4.23. The fourth-order valence-corrected chi connectivity index (χ4v) is 6.97. The SMILES string of the molecule is CCOC(=O)/C=C/CC(C)C#C[Si](CC)(C(C)C)C(C)C. The van der Waals surface area contributed by atoms with Gasteiger partial charge in [0.25, 0.3) is 0 Å². The minimum absolute atomic E-state index is 0.265. The van der Waals surface area contributed by atoms with Crippen LogP contribution in [0.25, 0.3) is 0 Å². The lowest BCUT2D eigenvalue weighted by molar-refractivity contribution is -0.137. The second kappa shape index (κ2) is 9.84. The normalized spacial score (nSPS) is 13.4. The van der Waals surface area contributed by atoms with Crippen LogP contribution in [0.5, 0.6) is 0 Å². The summed E-state index contributed by atoms with van der Waals surface area (Å²) in [6.45, 7) is 15.9. The van der Waals surface area contributed by atoms with Gasteiger partial charge < -0.3 is 4.74 Å². The first-order chi connectivity index (χ1) is 9.80. The van der Waals surface area contributed by atoms with Crippen LogP contribution in [-0.4, -0.2) is 20.7 Å². The summed E-state index contributed by atoms with van der Waals surface area (Å²) in [5.74, 6) is 3.47. The van der Waals surface area contributed by atoms with Gasteiger partial charge in [0.2, 0.25) is 0 Å². The van der Waals surface area contributed by atoms with Crippen molar-refractivity contribution >= 4 is 14.0 Å². The maximum absolute atomic E-state index is 11.2. The van der Waals surface area contributed by atoms with E-state index in [0.717, 1.165) is 6.42 Å². The van der Waals surface area contributed by atoms with Crippen molar-refractivity contribution in [3.63, 3.8) is 0 Å². The molecule has 0 bridgehead atoms. The molecule has 0 amide bonds. The average Bonchev–Trinajstić information content (AvgIpc) is 2.39. The van der Waals surface area contributed by atoms with Crippen molar-refractivity contribution in [1.82, 2.24) is 0 Å². The van der Waals surface area contributed by atoms with Crippen LogP contribution in [0.1, 0.15) is 54.9 Å². The lowest BCUT2D eigenvalue weighted by Crippen LogP contribution is -2.39. The van der Waals surface area contributed by atoms with Crippen molar-refractivity contribution in [3.8, 4) is 11.5 Å². The van der Waals surface area contributed by atoms with Gasteiger partial charge in [-0.1, -0.05) is 47.6 Å². The number of esters is 1. The number of carbonyl (C=O) groups excluding carboxylic acids is 1. The van der Waals surface area contributed by atoms with Crippen molar-refractivity contribution in [3.05, 3.63) is 12.2 Å². The van der Waals surface area contributed by atoms with Gasteiger partial charge in [0.05, 0.1) is 6.61 Å². The number of hydrogen-bond acceptors (Lipinski definition) is 2. The molecule has 3 heteroatoms. The van der Waals surface area contributed by atoms with E-state index in [1.54, 1.807) is 0 Å². The van der Waals surface area contributed by atoms with Crippen molar-refractivity contribution < 1.29 is 9.53 Å². The summed E-state index contributed by atoms with van der Waals surface area (Å²) >= 11 is 0. The van der Waals surface area contributed by atoms with Gasteiger partial charge in [-0.2, -0.15) is 0 Å². The molecule has 0 aromatic carbocycles. The van der Waals surface area contributed by atoms with Crippen LogP contribution < -0.4 is 0 Å². The van der Waals surface area contributed by atoms with Crippen LogP contribution in [-0.2, 0) is 9.53 Å². The molecule has 0 heterocycles. The molecule has 0 aliphatic rings. The predicted molar refractivity (Wildman–Crippen MR) is 93.8 cm³/mol. The Labute approximate surface area is 132 Å². The highest BCUT2D eigenvalue weighted by Gasteiger charge is 2.36. The van der Waals surface area contributed by atoms with Crippen molar-refractivity contribution in [1.29, 1.82) is 0 Å².